The molecule has 1 aromatic carbocycles. The number of ether oxygens (including phenoxy) is 7. The van der Waals surface area contributed by atoms with Gasteiger partial charge < -0.3 is 58.7 Å². The van der Waals surface area contributed by atoms with E-state index < -0.39 is 90.8 Å². The third kappa shape index (κ3) is 8.74. The Morgan fingerprint density at radius 2 is 1.55 bits per heavy atom. The highest BCUT2D eigenvalue weighted by molar-refractivity contribution is 8.13. The minimum absolute atomic E-state index is 0.0684. The molecule has 0 spiro atoms. The van der Waals surface area contributed by atoms with Crippen LogP contribution in [0.2, 0.25) is 0 Å². The van der Waals surface area contributed by atoms with Crippen LogP contribution in [-0.4, -0.2) is 136 Å². The lowest BCUT2D eigenvalue weighted by atomic mass is 9.46. The van der Waals surface area contributed by atoms with E-state index in [1.807, 2.05) is 13.8 Å². The van der Waals surface area contributed by atoms with E-state index >= 15 is 0 Å². The first kappa shape index (κ1) is 47.3. The van der Waals surface area contributed by atoms with Gasteiger partial charge in [0.1, 0.15) is 35.8 Å². The van der Waals surface area contributed by atoms with Crippen molar-refractivity contribution in [2.45, 2.75) is 154 Å². The first-order chi connectivity index (χ1) is 29.3. The summed E-state index contributed by atoms with van der Waals surface area (Å²) in [6.45, 7) is 10.6. The number of rotatable bonds is 12. The summed E-state index contributed by atoms with van der Waals surface area (Å²) >= 11 is 1.20. The molecule has 3 saturated carbocycles. The van der Waals surface area contributed by atoms with E-state index in [-0.39, 0.29) is 46.6 Å². The van der Waals surface area contributed by atoms with Crippen LogP contribution >= 0.6 is 11.8 Å². The Bertz CT molecular complexity index is 1810. The van der Waals surface area contributed by atoms with Crippen molar-refractivity contribution < 1.29 is 73.1 Å². The maximum absolute atomic E-state index is 14.1. The Morgan fingerprint density at radius 3 is 2.21 bits per heavy atom. The van der Waals surface area contributed by atoms with Crippen molar-refractivity contribution in [3.63, 3.8) is 0 Å². The van der Waals surface area contributed by atoms with Crippen LogP contribution in [0.3, 0.4) is 0 Å². The van der Waals surface area contributed by atoms with Gasteiger partial charge >= 0.3 is 11.9 Å². The maximum atomic E-state index is 14.1. The summed E-state index contributed by atoms with van der Waals surface area (Å²) in [6, 6.07) is 6.04. The first-order valence-corrected chi connectivity index (χ1v) is 23.2. The lowest BCUT2D eigenvalue weighted by Crippen LogP contribution is -2.64. The third-order valence-corrected chi connectivity index (χ3v) is 16.7. The van der Waals surface area contributed by atoms with E-state index in [1.54, 1.807) is 19.1 Å². The zero-order valence-corrected chi connectivity index (χ0v) is 37.7. The Kier molecular flexibility index (Phi) is 14.3. The van der Waals surface area contributed by atoms with E-state index in [9.17, 15) is 39.9 Å². The minimum atomic E-state index is -1.69. The van der Waals surface area contributed by atoms with Gasteiger partial charge in [0.15, 0.2) is 29.9 Å². The van der Waals surface area contributed by atoms with Gasteiger partial charge in [-0.25, -0.2) is 4.79 Å². The summed E-state index contributed by atoms with van der Waals surface area (Å²) in [6.07, 6.45) is -6.16. The number of hydrogen-bond donors (Lipinski definition) is 5. The molecule has 5 N–H and O–H groups in total. The van der Waals surface area contributed by atoms with Crippen LogP contribution in [0.15, 0.2) is 35.9 Å². The standard InChI is InChI=1S/C46H66O15S/c1-23(2)22-62-41(53)24(3)46(54)35(19-32-30-13-10-27-18-28(48)14-16-44(27,5)31(30)15-17-45(32,46)6)59-43-39(58-25(4)47)37(34(50)21-57-43)61-42-38(36(51)33(49)20-56-42)60-40(52)26-8-11-29(55-7)12-9-26/h8-12,23-24,28,30-39,42-43,48-51,54H,13-22H2,1-7H3/t24-,28+,30-,31+,32+,33-,34+,35+,36+,37+,38-,39-,42+,43+,44+,45+,46-/m1/s1. The van der Waals surface area contributed by atoms with E-state index in [0.717, 1.165) is 25.7 Å². The molecule has 0 amide bonds. The van der Waals surface area contributed by atoms with Gasteiger partial charge in [-0.05, 0) is 98.3 Å². The van der Waals surface area contributed by atoms with Crippen molar-refractivity contribution in [1.82, 2.24) is 0 Å². The lowest BCUT2D eigenvalue weighted by molar-refractivity contribution is -0.345. The molecule has 0 radical (unpaired) electrons. The van der Waals surface area contributed by atoms with Gasteiger partial charge in [-0.3, -0.25) is 9.59 Å². The summed E-state index contributed by atoms with van der Waals surface area (Å²) in [5.74, 6) is -0.757. The predicted molar refractivity (Wildman–Crippen MR) is 225 cm³/mol. The van der Waals surface area contributed by atoms with E-state index in [4.69, 9.17) is 33.2 Å². The maximum Gasteiger partial charge on any atom is 0.338 e. The Balaban J connectivity index is 1.18. The van der Waals surface area contributed by atoms with Gasteiger partial charge in [-0.15, -0.1) is 0 Å². The molecule has 7 rings (SSSR count). The molecule has 2 heterocycles. The molecule has 0 bridgehead atoms. The van der Waals surface area contributed by atoms with Crippen LogP contribution in [0.1, 0.15) is 96.8 Å². The van der Waals surface area contributed by atoms with Crippen molar-refractivity contribution in [1.29, 1.82) is 0 Å². The van der Waals surface area contributed by atoms with Crippen LogP contribution < -0.4 is 4.74 Å². The average molecular weight is 891 g/mol. The molecule has 4 aliphatic carbocycles. The van der Waals surface area contributed by atoms with E-state index in [1.165, 1.54) is 43.5 Å². The summed E-state index contributed by atoms with van der Waals surface area (Å²) in [5.41, 5.74) is -1.13. The summed E-state index contributed by atoms with van der Waals surface area (Å²) in [4.78, 5) is 40.2. The van der Waals surface area contributed by atoms with E-state index in [0.29, 0.717) is 36.7 Å². The SMILES string of the molecule is COc1ccc(C(=O)O[C@H]2[C@H](O[C@@H]3[C@@H](OC(C)=O)[C@H](O[C@H]4C[C@H]5[C@@H]6CC=C7C[C@@H](O)CC[C@]7(C)[C@H]6CC[C@]5(C)[C@@]4(O)[C@H](C)C(=O)SCC(C)C)OC[C@@H]3O)OC[C@@H](O)[C@@H]2O)cc1. The number of benzene rings is 1. The number of esters is 2. The second-order valence-corrected chi connectivity index (χ2v) is 20.4. The number of carbonyl (C=O) groups excluding carboxylic acids is 3. The topological polar surface area (TPSA) is 217 Å². The molecule has 5 fully saturated rings. The van der Waals surface area contributed by atoms with Crippen LogP contribution in [-0.2, 0) is 38.0 Å². The highest BCUT2D eigenvalue weighted by atomic mass is 32.2. The number of aliphatic hydroxyl groups excluding tert-OH is 4. The molecule has 0 aromatic heterocycles. The molecule has 62 heavy (non-hydrogen) atoms. The quantitative estimate of drug-likeness (QED) is 0.148. The zero-order chi connectivity index (χ0) is 44.9. The van der Waals surface area contributed by atoms with Crippen LogP contribution in [0.4, 0.5) is 0 Å². The van der Waals surface area contributed by atoms with Gasteiger partial charge in [0.2, 0.25) is 0 Å². The molecule has 346 valence electrons. The fraction of sp³-hybridized carbons (Fsp3) is 0.761. The Morgan fingerprint density at radius 1 is 0.871 bits per heavy atom. The molecular formula is C46H66O15S. The first-order valence-electron chi connectivity index (χ1n) is 22.2. The van der Waals surface area contributed by atoms with Crippen LogP contribution in [0, 0.1) is 40.4 Å². The second kappa shape index (κ2) is 18.7. The molecule has 6 aliphatic rings. The van der Waals surface area contributed by atoms with Gasteiger partial charge in [0.05, 0.1) is 44.0 Å². The Labute approximate surface area is 368 Å². The summed E-state index contributed by atoms with van der Waals surface area (Å²) in [5, 5.41) is 56.9. The number of aliphatic hydroxyl groups is 5. The van der Waals surface area contributed by atoms with Gasteiger partial charge in [0, 0.05) is 18.1 Å². The molecule has 2 aliphatic heterocycles. The minimum Gasteiger partial charge on any atom is -0.497 e. The van der Waals surface area contributed by atoms with Crippen molar-refractivity contribution in [3.8, 4) is 5.75 Å². The number of fused-ring (bicyclic) bond motifs is 5. The largest absolute Gasteiger partial charge is 0.497 e. The smallest absolute Gasteiger partial charge is 0.338 e. The van der Waals surface area contributed by atoms with Crippen molar-refractivity contribution in [2.75, 3.05) is 26.1 Å². The molecular weight excluding hydrogens is 825 g/mol. The fourth-order valence-electron chi connectivity index (χ4n) is 11.8. The average Bonchev–Trinajstić information content (AvgIpc) is 3.47. The number of methoxy groups -OCH3 is 1. The third-order valence-electron chi connectivity index (χ3n) is 15.2. The summed E-state index contributed by atoms with van der Waals surface area (Å²) in [7, 11) is 1.48. The van der Waals surface area contributed by atoms with Crippen molar-refractivity contribution in [3.05, 3.63) is 41.5 Å². The van der Waals surface area contributed by atoms with Gasteiger partial charge in [-0.2, -0.15) is 0 Å². The predicted octanol–water partition coefficient (Wildman–Crippen LogP) is 3.93. The highest BCUT2D eigenvalue weighted by Gasteiger charge is 2.71. The molecule has 2 saturated heterocycles. The zero-order valence-electron chi connectivity index (χ0n) is 36.8. The second-order valence-electron chi connectivity index (χ2n) is 19.3. The number of allylic oxidation sites excluding steroid dienone is 1. The van der Waals surface area contributed by atoms with Gasteiger partial charge in [0.25, 0.3) is 0 Å². The molecule has 16 heteroatoms. The monoisotopic (exact) mass is 890 g/mol. The van der Waals surface area contributed by atoms with Crippen molar-refractivity contribution >= 4 is 28.8 Å². The van der Waals surface area contributed by atoms with E-state index in [2.05, 4.69) is 19.9 Å². The van der Waals surface area contributed by atoms with Crippen LogP contribution in [0.25, 0.3) is 0 Å². The lowest BCUT2D eigenvalue weighted by Gasteiger charge is -2.59. The number of hydrogen-bond acceptors (Lipinski definition) is 16. The molecule has 0 unspecified atom stereocenters. The number of thioether (sulfide) groups is 1. The molecule has 17 atom stereocenters. The van der Waals surface area contributed by atoms with Crippen LogP contribution in [0.5, 0.6) is 5.75 Å². The molecule has 15 nitrogen and oxygen atoms in total. The van der Waals surface area contributed by atoms with Crippen molar-refractivity contribution in [2.24, 2.45) is 40.4 Å². The Hall–Kier alpha value is -2.64. The number of carbonyl (C=O) groups is 3. The summed E-state index contributed by atoms with van der Waals surface area (Å²) < 4.78 is 41.7. The van der Waals surface area contributed by atoms with Gasteiger partial charge in [-0.1, -0.05) is 58.0 Å². The fourth-order valence-corrected chi connectivity index (χ4v) is 12.7. The normalized spacial score (nSPS) is 42.1. The molecule has 1 aromatic rings. The highest BCUT2D eigenvalue weighted by Crippen LogP contribution is 2.69.